The molecule has 0 aliphatic carbocycles. The summed E-state index contributed by atoms with van der Waals surface area (Å²) in [5, 5.41) is 2.81. The molecule has 0 saturated heterocycles. The Morgan fingerprint density at radius 1 is 1.17 bits per heavy atom. The summed E-state index contributed by atoms with van der Waals surface area (Å²) in [4.78, 5) is 31.0. The number of carbonyl (C=O) groups is 2. The second-order valence-electron chi connectivity index (χ2n) is 5.22. The SMILES string of the molecule is O=C1Nc2cccnc2N(C(=O)CCCCCl)c2ccccc21. The Bertz CT molecular complexity index is 748. The Morgan fingerprint density at radius 2 is 2.00 bits per heavy atom. The van der Waals surface area contributed by atoms with E-state index in [1.807, 2.05) is 0 Å². The van der Waals surface area contributed by atoms with Crippen LogP contribution < -0.4 is 10.2 Å². The van der Waals surface area contributed by atoms with Gasteiger partial charge >= 0.3 is 0 Å². The van der Waals surface area contributed by atoms with Crippen molar-refractivity contribution in [3.05, 3.63) is 48.2 Å². The lowest BCUT2D eigenvalue weighted by Crippen LogP contribution is -2.27. The molecule has 5 nitrogen and oxygen atoms in total. The van der Waals surface area contributed by atoms with E-state index in [0.29, 0.717) is 41.5 Å². The molecule has 3 rings (SSSR count). The van der Waals surface area contributed by atoms with Crippen LogP contribution in [-0.4, -0.2) is 22.7 Å². The lowest BCUT2D eigenvalue weighted by atomic mass is 10.1. The van der Waals surface area contributed by atoms with Gasteiger partial charge in [-0.15, -0.1) is 11.6 Å². The third-order valence-electron chi connectivity index (χ3n) is 3.66. The van der Waals surface area contributed by atoms with Gasteiger partial charge in [-0.25, -0.2) is 4.98 Å². The lowest BCUT2D eigenvalue weighted by Gasteiger charge is -2.22. The van der Waals surface area contributed by atoms with Gasteiger partial charge in [0.1, 0.15) is 0 Å². The van der Waals surface area contributed by atoms with E-state index in [9.17, 15) is 9.59 Å². The molecule has 0 saturated carbocycles. The van der Waals surface area contributed by atoms with E-state index in [1.54, 1.807) is 42.6 Å². The molecule has 1 aliphatic heterocycles. The third kappa shape index (κ3) is 3.05. The molecule has 0 fully saturated rings. The van der Waals surface area contributed by atoms with Gasteiger partial charge in [-0.3, -0.25) is 14.5 Å². The molecule has 2 amide bonds. The molecule has 6 heteroatoms. The van der Waals surface area contributed by atoms with E-state index < -0.39 is 0 Å². The Hall–Kier alpha value is -2.40. The van der Waals surface area contributed by atoms with Gasteiger partial charge in [0, 0.05) is 18.5 Å². The zero-order valence-electron chi connectivity index (χ0n) is 12.5. The van der Waals surface area contributed by atoms with Gasteiger partial charge in [0.25, 0.3) is 5.91 Å². The zero-order chi connectivity index (χ0) is 16.2. The number of unbranched alkanes of at least 4 members (excludes halogenated alkanes) is 1. The van der Waals surface area contributed by atoms with Crippen LogP contribution in [0.5, 0.6) is 0 Å². The number of hydrogen-bond acceptors (Lipinski definition) is 3. The summed E-state index contributed by atoms with van der Waals surface area (Å²) in [6, 6.07) is 10.5. The minimum Gasteiger partial charge on any atom is -0.319 e. The number of aromatic nitrogens is 1. The number of pyridine rings is 1. The standard InChI is InChI=1S/C17H16ClN3O2/c18-10-4-3-9-15(22)21-14-8-2-1-6-12(14)17(23)20-13-7-5-11-19-16(13)21/h1-2,5-8,11H,3-4,9-10H2,(H,20,23). The molecule has 0 bridgehead atoms. The van der Waals surface area contributed by atoms with Crippen molar-refractivity contribution in [3.63, 3.8) is 0 Å². The number of amides is 2. The van der Waals surface area contributed by atoms with Gasteiger partial charge in [-0.05, 0) is 37.1 Å². The molecule has 1 aromatic heterocycles. The number of para-hydroxylation sites is 1. The molecule has 1 aliphatic rings. The monoisotopic (exact) mass is 329 g/mol. The first-order valence-corrected chi connectivity index (χ1v) is 8.00. The number of alkyl halides is 1. The minimum absolute atomic E-state index is 0.0981. The van der Waals surface area contributed by atoms with Crippen molar-refractivity contribution in [2.45, 2.75) is 19.3 Å². The Kier molecular flexibility index (Phi) is 4.57. The maximum absolute atomic E-state index is 12.8. The van der Waals surface area contributed by atoms with Crippen LogP contribution in [0.2, 0.25) is 0 Å². The summed E-state index contributed by atoms with van der Waals surface area (Å²) in [7, 11) is 0. The first-order chi connectivity index (χ1) is 11.2. The fourth-order valence-electron chi connectivity index (χ4n) is 2.57. The fraction of sp³-hybridized carbons (Fsp3) is 0.235. The summed E-state index contributed by atoms with van der Waals surface area (Å²) in [6.07, 6.45) is 3.43. The minimum atomic E-state index is -0.245. The predicted octanol–water partition coefficient (Wildman–Crippen LogP) is 3.72. The first-order valence-electron chi connectivity index (χ1n) is 7.46. The highest BCUT2D eigenvalue weighted by molar-refractivity contribution is 6.18. The van der Waals surface area contributed by atoms with Gasteiger partial charge in [-0.2, -0.15) is 0 Å². The van der Waals surface area contributed by atoms with Crippen LogP contribution in [0.4, 0.5) is 17.2 Å². The van der Waals surface area contributed by atoms with E-state index in [0.717, 1.165) is 6.42 Å². The van der Waals surface area contributed by atoms with Gasteiger partial charge in [0.05, 0.1) is 16.9 Å². The van der Waals surface area contributed by atoms with Gasteiger partial charge < -0.3 is 5.32 Å². The van der Waals surface area contributed by atoms with Crippen molar-refractivity contribution in [1.29, 1.82) is 0 Å². The van der Waals surface area contributed by atoms with Crippen LogP contribution in [0.25, 0.3) is 0 Å². The number of hydrogen-bond donors (Lipinski definition) is 1. The highest BCUT2D eigenvalue weighted by Gasteiger charge is 2.29. The van der Waals surface area contributed by atoms with Crippen LogP contribution in [0.3, 0.4) is 0 Å². The van der Waals surface area contributed by atoms with Crippen molar-refractivity contribution in [3.8, 4) is 0 Å². The maximum atomic E-state index is 12.8. The topological polar surface area (TPSA) is 62.3 Å². The smallest absolute Gasteiger partial charge is 0.257 e. The van der Waals surface area contributed by atoms with Crippen LogP contribution in [-0.2, 0) is 4.79 Å². The molecule has 0 spiro atoms. The number of anilines is 3. The molecule has 0 atom stereocenters. The molecule has 1 aromatic carbocycles. The molecule has 2 heterocycles. The first kappa shape index (κ1) is 15.5. The molecule has 23 heavy (non-hydrogen) atoms. The molecule has 2 aromatic rings. The van der Waals surface area contributed by atoms with Gasteiger partial charge in [0.15, 0.2) is 5.82 Å². The normalized spacial score (nSPS) is 12.9. The van der Waals surface area contributed by atoms with Gasteiger partial charge in [-0.1, -0.05) is 12.1 Å². The second-order valence-corrected chi connectivity index (χ2v) is 5.60. The van der Waals surface area contributed by atoms with Crippen molar-refractivity contribution in [2.24, 2.45) is 0 Å². The van der Waals surface area contributed by atoms with E-state index in [4.69, 9.17) is 11.6 Å². The predicted molar refractivity (Wildman–Crippen MR) is 90.3 cm³/mol. The quantitative estimate of drug-likeness (QED) is 0.687. The number of nitrogens with zero attached hydrogens (tertiary/aromatic N) is 2. The van der Waals surface area contributed by atoms with E-state index in [1.165, 1.54) is 4.90 Å². The molecular weight excluding hydrogens is 314 g/mol. The molecule has 1 N–H and O–H groups in total. The Labute approximate surface area is 139 Å². The van der Waals surface area contributed by atoms with Gasteiger partial charge in [0.2, 0.25) is 5.91 Å². The highest BCUT2D eigenvalue weighted by Crippen LogP contribution is 2.36. The summed E-state index contributed by atoms with van der Waals surface area (Å²) in [6.45, 7) is 0. The van der Waals surface area contributed by atoms with Crippen molar-refractivity contribution < 1.29 is 9.59 Å². The lowest BCUT2D eigenvalue weighted by molar-refractivity contribution is -0.118. The van der Waals surface area contributed by atoms with Crippen LogP contribution >= 0.6 is 11.6 Å². The average molecular weight is 330 g/mol. The van der Waals surface area contributed by atoms with Crippen molar-refractivity contribution in [2.75, 3.05) is 16.1 Å². The zero-order valence-corrected chi connectivity index (χ0v) is 13.2. The van der Waals surface area contributed by atoms with Crippen LogP contribution in [0.15, 0.2) is 42.6 Å². The molecular formula is C17H16ClN3O2. The number of fused-ring (bicyclic) bond motifs is 2. The molecule has 0 radical (unpaired) electrons. The third-order valence-corrected chi connectivity index (χ3v) is 3.93. The number of carbonyl (C=O) groups excluding carboxylic acids is 2. The van der Waals surface area contributed by atoms with E-state index in [2.05, 4.69) is 10.3 Å². The number of rotatable bonds is 4. The summed E-state index contributed by atoms with van der Waals surface area (Å²) < 4.78 is 0. The molecule has 118 valence electrons. The summed E-state index contributed by atoms with van der Waals surface area (Å²) in [5.74, 6) is 0.630. The van der Waals surface area contributed by atoms with E-state index >= 15 is 0 Å². The molecule has 0 unspecified atom stereocenters. The number of benzene rings is 1. The van der Waals surface area contributed by atoms with Crippen molar-refractivity contribution >= 4 is 40.6 Å². The largest absolute Gasteiger partial charge is 0.319 e. The summed E-state index contributed by atoms with van der Waals surface area (Å²) >= 11 is 5.69. The number of nitrogens with one attached hydrogen (secondary N) is 1. The maximum Gasteiger partial charge on any atom is 0.257 e. The van der Waals surface area contributed by atoms with E-state index in [-0.39, 0.29) is 11.8 Å². The fourth-order valence-corrected chi connectivity index (χ4v) is 2.76. The second kappa shape index (κ2) is 6.79. The Balaban J connectivity index is 2.07. The Morgan fingerprint density at radius 3 is 2.83 bits per heavy atom. The van der Waals surface area contributed by atoms with Crippen LogP contribution in [0.1, 0.15) is 29.6 Å². The summed E-state index contributed by atoms with van der Waals surface area (Å²) in [5.41, 5.74) is 1.54. The van der Waals surface area contributed by atoms with Crippen molar-refractivity contribution in [1.82, 2.24) is 4.98 Å². The highest BCUT2D eigenvalue weighted by atomic mass is 35.5. The average Bonchev–Trinajstić information content (AvgIpc) is 2.69. The number of halogens is 1. The van der Waals surface area contributed by atoms with Crippen LogP contribution in [0, 0.1) is 0 Å².